The number of nitrogens with zero attached hydrogens (tertiary/aromatic N) is 1. The average Bonchev–Trinajstić information content (AvgIpc) is 3.38. The number of hydrogen-bond acceptors (Lipinski definition) is 4. The van der Waals surface area contributed by atoms with Gasteiger partial charge in [0.05, 0.1) is 19.1 Å². The highest BCUT2D eigenvalue weighted by Crippen LogP contribution is 2.34. The molecule has 1 heterocycles. The van der Waals surface area contributed by atoms with E-state index in [1.54, 1.807) is 0 Å². The summed E-state index contributed by atoms with van der Waals surface area (Å²) in [5, 5.41) is 15.7. The fourth-order valence-electron chi connectivity index (χ4n) is 3.77. The maximum atomic E-state index is 12.0. The molecule has 1 amide bonds. The zero-order valence-electron chi connectivity index (χ0n) is 15.4. The molecule has 2 aliphatic rings. The predicted molar refractivity (Wildman–Crippen MR) is 101 cm³/mol. The summed E-state index contributed by atoms with van der Waals surface area (Å²) in [6.07, 6.45) is 5.02. The van der Waals surface area contributed by atoms with E-state index < -0.39 is 0 Å². The maximum absolute atomic E-state index is 12.0. The molecular formula is C20H31N3O2. The first-order valence-electron chi connectivity index (χ1n) is 9.60. The van der Waals surface area contributed by atoms with Crippen LogP contribution in [0.1, 0.15) is 45.1 Å². The number of aliphatic hydroxyl groups is 1. The number of carbonyl (C=O) groups excluding carboxylic acids is 1. The first-order chi connectivity index (χ1) is 12.1. The largest absolute Gasteiger partial charge is 0.394 e. The third-order valence-electron chi connectivity index (χ3n) is 5.41. The standard InChI is InChI=1S/C20H31N3O2/c1-3-16(13-24)22-20(25)11-15-4-6-17(7-5-15)21-18-10-14(2)23(12-18)19-8-9-19/h4-7,14,16,18-19,21,24H,3,8-13H2,1-2H3,(H,22,25). The zero-order chi connectivity index (χ0) is 17.8. The van der Waals surface area contributed by atoms with Crippen molar-refractivity contribution in [3.05, 3.63) is 29.8 Å². The van der Waals surface area contributed by atoms with E-state index in [1.165, 1.54) is 19.3 Å². The predicted octanol–water partition coefficient (Wildman–Crippen LogP) is 2.15. The molecule has 1 aromatic carbocycles. The van der Waals surface area contributed by atoms with Crippen LogP contribution in [-0.2, 0) is 11.2 Å². The van der Waals surface area contributed by atoms with Crippen molar-refractivity contribution in [3.8, 4) is 0 Å². The molecule has 1 aliphatic carbocycles. The van der Waals surface area contributed by atoms with Crippen LogP contribution >= 0.6 is 0 Å². The summed E-state index contributed by atoms with van der Waals surface area (Å²) in [6.45, 7) is 5.41. The molecule has 3 unspecified atom stereocenters. The molecule has 0 aromatic heterocycles. The number of rotatable bonds is 8. The zero-order valence-corrected chi connectivity index (χ0v) is 15.4. The Kier molecular flexibility index (Phi) is 5.97. The average molecular weight is 345 g/mol. The molecule has 138 valence electrons. The molecule has 5 heteroatoms. The van der Waals surface area contributed by atoms with Gasteiger partial charge in [0, 0.05) is 30.4 Å². The summed E-state index contributed by atoms with van der Waals surface area (Å²) >= 11 is 0. The van der Waals surface area contributed by atoms with Crippen LogP contribution in [0, 0.1) is 0 Å². The van der Waals surface area contributed by atoms with E-state index in [9.17, 15) is 4.79 Å². The molecule has 0 spiro atoms. The molecule has 2 fully saturated rings. The van der Waals surface area contributed by atoms with Gasteiger partial charge in [-0.1, -0.05) is 19.1 Å². The van der Waals surface area contributed by atoms with Crippen LogP contribution in [0.4, 0.5) is 5.69 Å². The fraction of sp³-hybridized carbons (Fsp3) is 0.650. The van der Waals surface area contributed by atoms with Crippen molar-refractivity contribution >= 4 is 11.6 Å². The summed E-state index contributed by atoms with van der Waals surface area (Å²) in [6, 6.07) is 10.0. The minimum Gasteiger partial charge on any atom is -0.394 e. The Bertz CT molecular complexity index is 567. The molecule has 0 bridgehead atoms. The van der Waals surface area contributed by atoms with Crippen LogP contribution in [-0.4, -0.2) is 53.2 Å². The lowest BCUT2D eigenvalue weighted by Crippen LogP contribution is -2.37. The second kappa shape index (κ2) is 8.19. The summed E-state index contributed by atoms with van der Waals surface area (Å²) in [5.74, 6) is -0.0358. The van der Waals surface area contributed by atoms with Crippen LogP contribution < -0.4 is 10.6 Å². The van der Waals surface area contributed by atoms with Gasteiger partial charge in [-0.3, -0.25) is 9.69 Å². The van der Waals surface area contributed by atoms with Gasteiger partial charge in [-0.25, -0.2) is 0 Å². The van der Waals surface area contributed by atoms with E-state index in [0.717, 1.165) is 30.3 Å². The van der Waals surface area contributed by atoms with Gasteiger partial charge < -0.3 is 15.7 Å². The van der Waals surface area contributed by atoms with Gasteiger partial charge in [0.25, 0.3) is 0 Å². The van der Waals surface area contributed by atoms with E-state index in [-0.39, 0.29) is 18.6 Å². The first-order valence-corrected chi connectivity index (χ1v) is 9.60. The second-order valence-electron chi connectivity index (χ2n) is 7.58. The summed E-state index contributed by atoms with van der Waals surface area (Å²) in [7, 11) is 0. The van der Waals surface area contributed by atoms with Crippen LogP contribution in [0.3, 0.4) is 0 Å². The Hall–Kier alpha value is -1.59. The molecule has 1 saturated heterocycles. The Morgan fingerprint density at radius 3 is 2.64 bits per heavy atom. The topological polar surface area (TPSA) is 64.6 Å². The van der Waals surface area contributed by atoms with Gasteiger partial charge in [0.2, 0.25) is 5.91 Å². The molecule has 1 saturated carbocycles. The number of nitrogens with one attached hydrogen (secondary N) is 2. The third kappa shape index (κ3) is 4.95. The normalized spacial score (nSPS) is 24.9. The molecular weight excluding hydrogens is 314 g/mol. The highest BCUT2D eigenvalue weighted by atomic mass is 16.3. The molecule has 3 atom stereocenters. The number of hydrogen-bond donors (Lipinski definition) is 3. The SMILES string of the molecule is CCC(CO)NC(=O)Cc1ccc(NC2CC(C)N(C3CC3)C2)cc1. The second-order valence-corrected chi connectivity index (χ2v) is 7.58. The minimum absolute atomic E-state index is 0.0111. The van der Waals surface area contributed by atoms with Crippen LogP contribution in [0.2, 0.25) is 0 Å². The summed E-state index contributed by atoms with van der Waals surface area (Å²) in [4.78, 5) is 14.6. The van der Waals surface area contributed by atoms with Gasteiger partial charge in [0.15, 0.2) is 0 Å². The van der Waals surface area contributed by atoms with E-state index >= 15 is 0 Å². The van der Waals surface area contributed by atoms with Crippen molar-refractivity contribution in [1.82, 2.24) is 10.2 Å². The van der Waals surface area contributed by atoms with Crippen molar-refractivity contribution in [3.63, 3.8) is 0 Å². The van der Waals surface area contributed by atoms with Crippen LogP contribution in [0.25, 0.3) is 0 Å². The van der Waals surface area contributed by atoms with E-state index in [4.69, 9.17) is 5.11 Å². The van der Waals surface area contributed by atoms with Gasteiger partial charge in [0.1, 0.15) is 0 Å². The maximum Gasteiger partial charge on any atom is 0.224 e. The van der Waals surface area contributed by atoms with Gasteiger partial charge in [-0.2, -0.15) is 0 Å². The van der Waals surface area contributed by atoms with Crippen molar-refractivity contribution in [2.24, 2.45) is 0 Å². The quantitative estimate of drug-likeness (QED) is 0.675. The molecule has 3 N–H and O–H groups in total. The lowest BCUT2D eigenvalue weighted by Gasteiger charge is -2.20. The van der Waals surface area contributed by atoms with Crippen molar-refractivity contribution < 1.29 is 9.90 Å². The molecule has 25 heavy (non-hydrogen) atoms. The monoisotopic (exact) mass is 345 g/mol. The number of likely N-dealkylation sites (tertiary alicyclic amines) is 1. The lowest BCUT2D eigenvalue weighted by atomic mass is 10.1. The molecule has 1 aliphatic heterocycles. The third-order valence-corrected chi connectivity index (χ3v) is 5.41. The van der Waals surface area contributed by atoms with Crippen LogP contribution in [0.5, 0.6) is 0 Å². The Morgan fingerprint density at radius 1 is 1.32 bits per heavy atom. The van der Waals surface area contributed by atoms with Gasteiger partial charge in [-0.15, -0.1) is 0 Å². The Labute approximate surface area is 150 Å². The van der Waals surface area contributed by atoms with Crippen molar-refractivity contribution in [2.45, 2.75) is 70.1 Å². The number of anilines is 1. The lowest BCUT2D eigenvalue weighted by molar-refractivity contribution is -0.121. The molecule has 0 radical (unpaired) electrons. The first kappa shape index (κ1) is 18.2. The van der Waals surface area contributed by atoms with Crippen LogP contribution in [0.15, 0.2) is 24.3 Å². The fourth-order valence-corrected chi connectivity index (χ4v) is 3.77. The van der Waals surface area contributed by atoms with E-state index in [2.05, 4.69) is 34.6 Å². The number of amides is 1. The number of aliphatic hydroxyl groups excluding tert-OH is 1. The summed E-state index contributed by atoms with van der Waals surface area (Å²) < 4.78 is 0. The highest BCUT2D eigenvalue weighted by Gasteiger charge is 2.38. The Morgan fingerprint density at radius 2 is 2.04 bits per heavy atom. The molecule has 3 rings (SSSR count). The van der Waals surface area contributed by atoms with Gasteiger partial charge in [-0.05, 0) is 50.3 Å². The highest BCUT2D eigenvalue weighted by molar-refractivity contribution is 5.79. The van der Waals surface area contributed by atoms with Crippen molar-refractivity contribution in [2.75, 3.05) is 18.5 Å². The number of benzene rings is 1. The van der Waals surface area contributed by atoms with Gasteiger partial charge >= 0.3 is 0 Å². The van der Waals surface area contributed by atoms with E-state index in [0.29, 0.717) is 18.5 Å². The number of carbonyl (C=O) groups is 1. The Balaban J connectivity index is 1.48. The summed E-state index contributed by atoms with van der Waals surface area (Å²) in [5.41, 5.74) is 2.12. The minimum atomic E-state index is -0.146. The molecule has 5 nitrogen and oxygen atoms in total. The molecule has 1 aromatic rings. The smallest absolute Gasteiger partial charge is 0.224 e. The van der Waals surface area contributed by atoms with E-state index in [1.807, 2.05) is 19.1 Å². The van der Waals surface area contributed by atoms with Crippen molar-refractivity contribution in [1.29, 1.82) is 0 Å².